The smallest absolute Gasteiger partial charge is 0.243 e. The van der Waals surface area contributed by atoms with E-state index >= 15 is 0 Å². The third kappa shape index (κ3) is 2.63. The first-order chi connectivity index (χ1) is 15.0. The number of para-hydroxylation sites is 1. The number of fused-ring (bicyclic) bond motifs is 4. The average Bonchev–Trinajstić information content (AvgIpc) is 3.28. The molecule has 0 saturated carbocycles. The summed E-state index contributed by atoms with van der Waals surface area (Å²) in [7, 11) is 1.58. The van der Waals surface area contributed by atoms with E-state index in [-0.39, 0.29) is 24.8 Å². The maximum Gasteiger partial charge on any atom is 0.243 e. The van der Waals surface area contributed by atoms with Crippen molar-refractivity contribution in [2.75, 3.05) is 23.9 Å². The van der Waals surface area contributed by atoms with E-state index in [9.17, 15) is 14.4 Å². The van der Waals surface area contributed by atoms with Crippen LogP contribution in [-0.4, -0.2) is 41.2 Å². The Labute approximate surface area is 177 Å². The minimum Gasteiger partial charge on any atom is -0.497 e. The van der Waals surface area contributed by atoms with Crippen molar-refractivity contribution in [1.82, 2.24) is 9.78 Å². The Hall–Kier alpha value is -4.14. The predicted molar refractivity (Wildman–Crippen MR) is 112 cm³/mol. The number of methoxy groups -OCH3 is 1. The van der Waals surface area contributed by atoms with Crippen LogP contribution < -0.4 is 20.7 Å². The van der Waals surface area contributed by atoms with E-state index in [1.54, 1.807) is 48.3 Å². The zero-order valence-electron chi connectivity index (χ0n) is 16.7. The molecule has 3 amide bonds. The second-order valence-electron chi connectivity index (χ2n) is 7.52. The molecule has 2 aromatic carbocycles. The van der Waals surface area contributed by atoms with Crippen LogP contribution in [-0.2, 0) is 19.8 Å². The number of benzene rings is 2. The number of nitrogens with one attached hydrogen (secondary N) is 1. The maximum atomic E-state index is 13.7. The molecule has 1 atom stereocenters. The van der Waals surface area contributed by atoms with Gasteiger partial charge in [-0.3, -0.25) is 14.4 Å². The van der Waals surface area contributed by atoms with Crippen LogP contribution in [0.3, 0.4) is 0 Å². The third-order valence-electron chi connectivity index (χ3n) is 5.81. The fraction of sp³-hybridized carbons (Fsp3) is 0.182. The third-order valence-corrected chi connectivity index (χ3v) is 5.81. The molecule has 2 aliphatic heterocycles. The van der Waals surface area contributed by atoms with Gasteiger partial charge in [0.25, 0.3) is 0 Å². The summed E-state index contributed by atoms with van der Waals surface area (Å²) in [5, 5.41) is 7.33. The summed E-state index contributed by atoms with van der Waals surface area (Å²) in [4.78, 5) is 39.5. The lowest BCUT2D eigenvalue weighted by molar-refractivity contribution is -0.127. The molecule has 0 aliphatic carbocycles. The SMILES string of the molecule is COc1ccc(-n2ncc3c2NC(=O)C[C@]32C(=O)N(CC(N)=O)c3ccccc32)cc1. The molecule has 5 rings (SSSR count). The standard InChI is InChI=1S/C22H19N5O4/c1-31-14-8-6-13(7-9-14)27-20-16(11-24-27)22(10-19(29)25-20)15-4-2-3-5-17(15)26(21(22)30)12-18(23)28/h2-9,11H,10,12H2,1H3,(H2,23,28)(H,25,29)/t22-/m1/s1. The van der Waals surface area contributed by atoms with Crippen molar-refractivity contribution in [3.05, 3.63) is 65.9 Å². The minimum absolute atomic E-state index is 0.0839. The zero-order valence-corrected chi connectivity index (χ0v) is 16.7. The number of hydrogen-bond acceptors (Lipinski definition) is 5. The van der Waals surface area contributed by atoms with E-state index in [1.807, 2.05) is 18.2 Å². The molecule has 1 aromatic heterocycles. The molecule has 2 aliphatic rings. The van der Waals surface area contributed by atoms with Crippen LogP contribution in [0.5, 0.6) is 5.75 Å². The molecule has 156 valence electrons. The highest BCUT2D eigenvalue weighted by Gasteiger charge is 2.57. The number of anilines is 2. The van der Waals surface area contributed by atoms with Crippen LogP contribution in [0.1, 0.15) is 17.5 Å². The first kappa shape index (κ1) is 18.9. The molecule has 9 nitrogen and oxygen atoms in total. The molecular formula is C22H19N5O4. The van der Waals surface area contributed by atoms with Crippen LogP contribution in [0, 0.1) is 0 Å². The zero-order chi connectivity index (χ0) is 21.8. The number of primary amides is 1. The van der Waals surface area contributed by atoms with E-state index in [0.717, 1.165) is 0 Å². The number of carbonyl (C=O) groups excluding carboxylic acids is 3. The van der Waals surface area contributed by atoms with Crippen molar-refractivity contribution >= 4 is 29.2 Å². The molecule has 9 heteroatoms. The molecule has 31 heavy (non-hydrogen) atoms. The van der Waals surface area contributed by atoms with E-state index in [0.29, 0.717) is 34.1 Å². The Balaban J connectivity index is 1.70. The Morgan fingerprint density at radius 2 is 1.90 bits per heavy atom. The van der Waals surface area contributed by atoms with Gasteiger partial charge in [-0.2, -0.15) is 5.10 Å². The lowest BCUT2D eigenvalue weighted by Crippen LogP contribution is -2.48. The fourth-order valence-electron chi connectivity index (χ4n) is 4.48. The Morgan fingerprint density at radius 3 is 2.61 bits per heavy atom. The van der Waals surface area contributed by atoms with Crippen LogP contribution in [0.25, 0.3) is 5.69 Å². The number of nitrogens with two attached hydrogens (primary N) is 1. The molecule has 0 fully saturated rings. The number of ether oxygens (including phenoxy) is 1. The summed E-state index contributed by atoms with van der Waals surface area (Å²) in [5.74, 6) is -0.197. The summed E-state index contributed by atoms with van der Waals surface area (Å²) in [6.07, 6.45) is 1.51. The van der Waals surface area contributed by atoms with Gasteiger partial charge < -0.3 is 20.7 Å². The molecule has 3 aromatic rings. The van der Waals surface area contributed by atoms with Gasteiger partial charge in [-0.05, 0) is 35.9 Å². The summed E-state index contributed by atoms with van der Waals surface area (Å²) in [5.41, 5.74) is 6.64. The quantitative estimate of drug-likeness (QED) is 0.664. The monoisotopic (exact) mass is 417 g/mol. The Morgan fingerprint density at radius 1 is 1.16 bits per heavy atom. The Kier molecular flexibility index (Phi) is 4.07. The number of amides is 3. The second kappa shape index (κ2) is 6.69. The van der Waals surface area contributed by atoms with Crippen LogP contribution in [0.15, 0.2) is 54.7 Å². The second-order valence-corrected chi connectivity index (χ2v) is 7.52. The van der Waals surface area contributed by atoms with Gasteiger partial charge >= 0.3 is 0 Å². The van der Waals surface area contributed by atoms with Crippen molar-refractivity contribution in [3.63, 3.8) is 0 Å². The highest BCUT2D eigenvalue weighted by molar-refractivity contribution is 6.17. The topological polar surface area (TPSA) is 120 Å². The van der Waals surface area contributed by atoms with Crippen molar-refractivity contribution in [1.29, 1.82) is 0 Å². The maximum absolute atomic E-state index is 13.7. The lowest BCUT2D eigenvalue weighted by Gasteiger charge is -2.32. The number of aromatic nitrogens is 2. The van der Waals surface area contributed by atoms with Crippen LogP contribution in [0.4, 0.5) is 11.5 Å². The summed E-state index contributed by atoms with van der Waals surface area (Å²) < 4.78 is 6.79. The van der Waals surface area contributed by atoms with Gasteiger partial charge in [0.1, 0.15) is 23.5 Å². The molecule has 3 N–H and O–H groups in total. The van der Waals surface area contributed by atoms with E-state index in [1.165, 1.54) is 4.90 Å². The van der Waals surface area contributed by atoms with Crippen LogP contribution >= 0.6 is 0 Å². The average molecular weight is 417 g/mol. The molecule has 3 heterocycles. The molecule has 0 bridgehead atoms. The van der Waals surface area contributed by atoms with Crippen molar-refractivity contribution in [2.24, 2.45) is 5.73 Å². The highest BCUT2D eigenvalue weighted by atomic mass is 16.5. The molecular weight excluding hydrogens is 398 g/mol. The van der Waals surface area contributed by atoms with Gasteiger partial charge in [0, 0.05) is 17.7 Å². The van der Waals surface area contributed by atoms with Gasteiger partial charge in [0.15, 0.2) is 0 Å². The number of nitrogens with zero attached hydrogens (tertiary/aromatic N) is 3. The Bertz CT molecular complexity index is 1230. The minimum atomic E-state index is -1.27. The van der Waals surface area contributed by atoms with Crippen molar-refractivity contribution in [3.8, 4) is 11.4 Å². The summed E-state index contributed by atoms with van der Waals surface area (Å²) >= 11 is 0. The number of hydrogen-bond donors (Lipinski definition) is 2. The van der Waals surface area contributed by atoms with Gasteiger partial charge in [-0.25, -0.2) is 4.68 Å². The fourth-order valence-corrected chi connectivity index (χ4v) is 4.48. The molecule has 0 unspecified atom stereocenters. The van der Waals surface area contributed by atoms with Gasteiger partial charge in [-0.15, -0.1) is 0 Å². The van der Waals surface area contributed by atoms with E-state index in [4.69, 9.17) is 10.5 Å². The van der Waals surface area contributed by atoms with Crippen LogP contribution in [0.2, 0.25) is 0 Å². The number of carbonyl (C=O) groups is 3. The number of rotatable bonds is 4. The molecule has 0 saturated heterocycles. The summed E-state index contributed by atoms with van der Waals surface area (Å²) in [6, 6.07) is 14.3. The van der Waals surface area contributed by atoms with E-state index in [2.05, 4.69) is 10.4 Å². The molecule has 1 spiro atoms. The lowest BCUT2D eigenvalue weighted by atomic mass is 9.72. The normalized spacial score (nSPS) is 19.2. The highest BCUT2D eigenvalue weighted by Crippen LogP contribution is 2.52. The van der Waals surface area contributed by atoms with Gasteiger partial charge in [-0.1, -0.05) is 18.2 Å². The summed E-state index contributed by atoms with van der Waals surface area (Å²) in [6.45, 7) is -0.263. The van der Waals surface area contributed by atoms with E-state index < -0.39 is 11.3 Å². The van der Waals surface area contributed by atoms with Gasteiger partial charge in [0.2, 0.25) is 17.7 Å². The van der Waals surface area contributed by atoms with Gasteiger partial charge in [0.05, 0.1) is 19.0 Å². The largest absolute Gasteiger partial charge is 0.497 e. The first-order valence-electron chi connectivity index (χ1n) is 9.68. The first-order valence-corrected chi connectivity index (χ1v) is 9.68. The van der Waals surface area contributed by atoms with Crippen molar-refractivity contribution < 1.29 is 19.1 Å². The predicted octanol–water partition coefficient (Wildman–Crippen LogP) is 1.34. The van der Waals surface area contributed by atoms with Crippen molar-refractivity contribution in [2.45, 2.75) is 11.8 Å². The molecule has 0 radical (unpaired) electrons.